The first-order valence-corrected chi connectivity index (χ1v) is 11.0. The number of anilines is 1. The number of halogens is 1. The van der Waals surface area contributed by atoms with Crippen LogP contribution in [0.4, 0.5) is 5.13 Å². The average molecular weight is 438 g/mol. The summed E-state index contributed by atoms with van der Waals surface area (Å²) in [6.07, 6.45) is 0.192. The van der Waals surface area contributed by atoms with Crippen molar-refractivity contribution in [2.75, 3.05) is 18.2 Å². The van der Waals surface area contributed by atoms with E-state index in [-0.39, 0.29) is 23.0 Å². The van der Waals surface area contributed by atoms with Crippen LogP contribution in [0.5, 0.6) is 5.75 Å². The van der Waals surface area contributed by atoms with E-state index in [0.29, 0.717) is 26.5 Å². The van der Waals surface area contributed by atoms with Crippen molar-refractivity contribution < 1.29 is 17.9 Å². The molecular formula is C18H16ClN3O4S2. The van der Waals surface area contributed by atoms with Gasteiger partial charge in [0.2, 0.25) is 5.13 Å². The van der Waals surface area contributed by atoms with E-state index in [4.69, 9.17) is 16.3 Å². The largest absolute Gasteiger partial charge is 0.497 e. The van der Waals surface area contributed by atoms with Crippen molar-refractivity contribution in [1.82, 2.24) is 10.2 Å². The second-order valence-corrected chi connectivity index (χ2v) is 9.32. The summed E-state index contributed by atoms with van der Waals surface area (Å²) in [5.74, 6) is 0.0981. The maximum absolute atomic E-state index is 12.4. The minimum Gasteiger partial charge on any atom is -0.497 e. The normalized spacial score (nSPS) is 11.2. The molecule has 1 N–H and O–H groups in total. The van der Waals surface area contributed by atoms with Gasteiger partial charge in [-0.25, -0.2) is 8.42 Å². The molecule has 0 fully saturated rings. The molecule has 0 saturated carbocycles. The van der Waals surface area contributed by atoms with Crippen LogP contribution in [0.3, 0.4) is 0 Å². The molecular weight excluding hydrogens is 422 g/mol. The third kappa shape index (κ3) is 5.06. The zero-order valence-electron chi connectivity index (χ0n) is 14.8. The molecule has 0 radical (unpaired) electrons. The Hall–Kier alpha value is -2.49. The van der Waals surface area contributed by atoms with Gasteiger partial charge >= 0.3 is 0 Å². The molecule has 146 valence electrons. The highest BCUT2D eigenvalue weighted by Crippen LogP contribution is 2.21. The van der Waals surface area contributed by atoms with Gasteiger partial charge in [0.1, 0.15) is 10.8 Å². The summed E-state index contributed by atoms with van der Waals surface area (Å²) in [6.45, 7) is 0. The Kier molecular flexibility index (Phi) is 6.28. The number of aromatic nitrogens is 2. The molecule has 2 aromatic carbocycles. The second kappa shape index (κ2) is 8.68. The Labute approximate surface area is 171 Å². The third-order valence-electron chi connectivity index (χ3n) is 3.78. The number of ether oxygens (including phenoxy) is 1. The van der Waals surface area contributed by atoms with Crippen molar-refractivity contribution in [2.24, 2.45) is 0 Å². The predicted molar refractivity (Wildman–Crippen MR) is 108 cm³/mol. The first-order chi connectivity index (χ1) is 13.4. The van der Waals surface area contributed by atoms with Crippen molar-refractivity contribution in [3.8, 4) is 5.75 Å². The highest BCUT2D eigenvalue weighted by atomic mass is 35.5. The van der Waals surface area contributed by atoms with E-state index in [2.05, 4.69) is 15.5 Å². The number of carbonyl (C=O) groups is 1. The van der Waals surface area contributed by atoms with Gasteiger partial charge in [0.05, 0.1) is 17.8 Å². The Morgan fingerprint density at radius 3 is 2.64 bits per heavy atom. The molecule has 0 aliphatic heterocycles. The average Bonchev–Trinajstić information content (AvgIpc) is 3.14. The van der Waals surface area contributed by atoms with Crippen molar-refractivity contribution in [2.45, 2.75) is 11.3 Å². The summed E-state index contributed by atoms with van der Waals surface area (Å²) < 4.78 is 29.9. The number of nitrogens with one attached hydrogen (secondary N) is 1. The van der Waals surface area contributed by atoms with Crippen LogP contribution in [0.15, 0.2) is 53.4 Å². The van der Waals surface area contributed by atoms with Crippen LogP contribution in [0, 0.1) is 0 Å². The molecule has 7 nitrogen and oxygen atoms in total. The number of benzene rings is 2. The smallest absolute Gasteiger partial charge is 0.257 e. The van der Waals surface area contributed by atoms with E-state index < -0.39 is 9.84 Å². The lowest BCUT2D eigenvalue weighted by atomic mass is 10.2. The SMILES string of the molecule is COc1cccc(C(=O)Nc2nnc(CCS(=O)(=O)c3ccc(Cl)cc3)s2)c1. The number of hydrogen-bond donors (Lipinski definition) is 1. The van der Waals surface area contributed by atoms with E-state index >= 15 is 0 Å². The number of rotatable bonds is 7. The molecule has 1 heterocycles. The fourth-order valence-electron chi connectivity index (χ4n) is 2.32. The Bertz CT molecular complexity index is 1080. The molecule has 28 heavy (non-hydrogen) atoms. The lowest BCUT2D eigenvalue weighted by Crippen LogP contribution is -2.11. The van der Waals surface area contributed by atoms with Gasteiger partial charge in [0, 0.05) is 17.0 Å². The van der Waals surface area contributed by atoms with E-state index in [0.717, 1.165) is 11.3 Å². The highest BCUT2D eigenvalue weighted by Gasteiger charge is 2.17. The van der Waals surface area contributed by atoms with Gasteiger partial charge in [-0.1, -0.05) is 29.0 Å². The summed E-state index contributed by atoms with van der Waals surface area (Å²) >= 11 is 6.92. The number of amides is 1. The molecule has 0 spiro atoms. The van der Waals surface area contributed by atoms with Crippen molar-refractivity contribution >= 4 is 43.8 Å². The second-order valence-electron chi connectivity index (χ2n) is 5.71. The maximum atomic E-state index is 12.4. The Morgan fingerprint density at radius 1 is 1.18 bits per heavy atom. The summed E-state index contributed by atoms with van der Waals surface area (Å²) in [6, 6.07) is 12.7. The van der Waals surface area contributed by atoms with E-state index in [9.17, 15) is 13.2 Å². The molecule has 3 rings (SSSR count). The van der Waals surface area contributed by atoms with Gasteiger partial charge in [-0.3, -0.25) is 10.1 Å². The molecule has 0 atom stereocenters. The van der Waals surface area contributed by atoms with Crippen molar-refractivity contribution in [3.63, 3.8) is 0 Å². The topological polar surface area (TPSA) is 98.2 Å². The summed E-state index contributed by atoms with van der Waals surface area (Å²) in [7, 11) is -1.94. The van der Waals surface area contributed by atoms with Crippen LogP contribution in [-0.2, 0) is 16.3 Å². The van der Waals surface area contributed by atoms with Crippen LogP contribution in [0.25, 0.3) is 0 Å². The number of carbonyl (C=O) groups excluding carboxylic acids is 1. The minimum atomic E-state index is -3.46. The van der Waals surface area contributed by atoms with Crippen molar-refractivity contribution in [1.29, 1.82) is 0 Å². The fraction of sp³-hybridized carbons (Fsp3) is 0.167. The van der Waals surface area contributed by atoms with Gasteiger partial charge in [-0.15, -0.1) is 10.2 Å². The van der Waals surface area contributed by atoms with Gasteiger partial charge < -0.3 is 4.74 Å². The molecule has 10 heteroatoms. The first kappa shape index (κ1) is 20.2. The van der Waals surface area contributed by atoms with E-state index in [1.807, 2.05) is 0 Å². The minimum absolute atomic E-state index is 0.118. The monoisotopic (exact) mass is 437 g/mol. The first-order valence-electron chi connectivity index (χ1n) is 8.13. The van der Waals surface area contributed by atoms with Gasteiger partial charge in [0.25, 0.3) is 5.91 Å². The highest BCUT2D eigenvalue weighted by molar-refractivity contribution is 7.91. The molecule has 0 saturated heterocycles. The Morgan fingerprint density at radius 2 is 1.93 bits per heavy atom. The number of hydrogen-bond acceptors (Lipinski definition) is 7. The molecule has 0 unspecified atom stereocenters. The number of sulfone groups is 1. The van der Waals surface area contributed by atoms with E-state index in [1.54, 1.807) is 24.3 Å². The summed E-state index contributed by atoms with van der Waals surface area (Å²) in [5, 5.41) is 11.8. The Balaban J connectivity index is 1.62. The third-order valence-corrected chi connectivity index (χ3v) is 6.66. The summed E-state index contributed by atoms with van der Waals surface area (Å²) in [5.41, 5.74) is 0.418. The van der Waals surface area contributed by atoms with Gasteiger partial charge in [0.15, 0.2) is 9.84 Å². The lowest BCUT2D eigenvalue weighted by Gasteiger charge is -2.04. The molecule has 0 aliphatic carbocycles. The molecule has 1 amide bonds. The predicted octanol–water partition coefficient (Wildman–Crippen LogP) is 3.47. The maximum Gasteiger partial charge on any atom is 0.257 e. The number of aryl methyl sites for hydroxylation is 1. The number of nitrogens with zero attached hydrogens (tertiary/aromatic N) is 2. The van der Waals surface area contributed by atoms with Crippen LogP contribution in [0.1, 0.15) is 15.4 Å². The molecule has 1 aromatic heterocycles. The van der Waals surface area contributed by atoms with Crippen molar-refractivity contribution in [3.05, 3.63) is 64.1 Å². The van der Waals surface area contributed by atoms with E-state index in [1.165, 1.54) is 31.4 Å². The zero-order chi connectivity index (χ0) is 20.1. The lowest BCUT2D eigenvalue weighted by molar-refractivity contribution is 0.102. The van der Waals surface area contributed by atoms with Crippen LogP contribution < -0.4 is 10.1 Å². The fourth-order valence-corrected chi connectivity index (χ4v) is 4.56. The zero-order valence-corrected chi connectivity index (χ0v) is 17.1. The van der Waals surface area contributed by atoms with Crippen LogP contribution >= 0.6 is 22.9 Å². The van der Waals surface area contributed by atoms with Crippen LogP contribution in [0.2, 0.25) is 5.02 Å². The van der Waals surface area contributed by atoms with Gasteiger partial charge in [-0.2, -0.15) is 0 Å². The van der Waals surface area contributed by atoms with Gasteiger partial charge in [-0.05, 0) is 42.5 Å². The molecule has 0 bridgehead atoms. The summed E-state index contributed by atoms with van der Waals surface area (Å²) in [4.78, 5) is 12.5. The molecule has 3 aromatic rings. The standard InChI is InChI=1S/C18H16ClN3O4S2/c1-26-14-4-2-3-12(11-14)17(23)20-18-22-21-16(27-18)9-10-28(24,25)15-7-5-13(19)6-8-15/h2-8,11H,9-10H2,1H3,(H,20,22,23). The number of methoxy groups -OCH3 is 1. The molecule has 0 aliphatic rings. The quantitative estimate of drug-likeness (QED) is 0.607. The van der Waals surface area contributed by atoms with Crippen LogP contribution in [-0.4, -0.2) is 37.4 Å².